The summed E-state index contributed by atoms with van der Waals surface area (Å²) in [4.78, 5) is 13.4. The average Bonchev–Trinajstić information content (AvgIpc) is 3.44. The van der Waals surface area contributed by atoms with E-state index in [1.807, 2.05) is 49.4 Å². The smallest absolute Gasteiger partial charge is 0.250 e. The average molecular weight is 514 g/mol. The van der Waals surface area contributed by atoms with E-state index in [-0.39, 0.29) is 17.9 Å². The maximum Gasteiger partial charge on any atom is 0.250 e. The summed E-state index contributed by atoms with van der Waals surface area (Å²) in [5, 5.41) is 8.15. The van der Waals surface area contributed by atoms with Crippen LogP contribution in [-0.4, -0.2) is 31.6 Å². The van der Waals surface area contributed by atoms with Gasteiger partial charge in [0.1, 0.15) is 0 Å². The molecule has 0 fully saturated rings. The largest absolute Gasteiger partial charge is 0.493 e. The monoisotopic (exact) mass is 513 g/mol. The zero-order chi connectivity index (χ0) is 25.8. The van der Waals surface area contributed by atoms with Crippen molar-refractivity contribution in [1.29, 1.82) is 0 Å². The Labute approximate surface area is 222 Å². The Morgan fingerprint density at radius 1 is 1.05 bits per heavy atom. The SMILES string of the molecule is COc1cccc([C@@H]2Nc3ccc(/C(C)=N\NC(=O)CSc4ccccc4)cc3[C@@H]3C=CC[C@@H]32)c1OC. The molecular formula is C30H31N3O3S. The van der Waals surface area contributed by atoms with Crippen molar-refractivity contribution >= 4 is 29.1 Å². The molecule has 0 radical (unpaired) electrons. The molecule has 2 aliphatic rings. The molecule has 0 saturated carbocycles. The number of fused-ring (bicyclic) bond motifs is 3. The number of benzene rings is 3. The van der Waals surface area contributed by atoms with Gasteiger partial charge in [0, 0.05) is 22.1 Å². The van der Waals surface area contributed by atoms with Gasteiger partial charge >= 0.3 is 0 Å². The van der Waals surface area contributed by atoms with Crippen molar-refractivity contribution in [2.24, 2.45) is 11.0 Å². The fourth-order valence-corrected chi connectivity index (χ4v) is 5.90. The van der Waals surface area contributed by atoms with Crippen LogP contribution in [0.25, 0.3) is 0 Å². The predicted molar refractivity (Wildman–Crippen MR) is 150 cm³/mol. The van der Waals surface area contributed by atoms with Crippen LogP contribution in [0.4, 0.5) is 5.69 Å². The molecule has 1 aliphatic carbocycles. The quantitative estimate of drug-likeness (QED) is 0.163. The summed E-state index contributed by atoms with van der Waals surface area (Å²) >= 11 is 1.49. The van der Waals surface area contributed by atoms with Crippen molar-refractivity contribution in [1.82, 2.24) is 5.43 Å². The van der Waals surface area contributed by atoms with E-state index in [0.29, 0.717) is 11.7 Å². The second-order valence-corrected chi connectivity index (χ2v) is 10.2. The van der Waals surface area contributed by atoms with Gasteiger partial charge in [-0.1, -0.05) is 48.6 Å². The van der Waals surface area contributed by atoms with Crippen LogP contribution in [-0.2, 0) is 4.79 Å². The molecule has 3 aromatic carbocycles. The minimum absolute atomic E-state index is 0.0968. The molecule has 3 atom stereocenters. The number of allylic oxidation sites excluding steroid dienone is 2. The number of anilines is 1. The van der Waals surface area contributed by atoms with E-state index in [4.69, 9.17) is 9.47 Å². The van der Waals surface area contributed by atoms with Gasteiger partial charge in [-0.2, -0.15) is 5.10 Å². The van der Waals surface area contributed by atoms with Crippen molar-refractivity contribution in [3.8, 4) is 11.5 Å². The molecule has 1 aliphatic heterocycles. The molecule has 5 rings (SSSR count). The summed E-state index contributed by atoms with van der Waals surface area (Å²) in [7, 11) is 3.36. The lowest BCUT2D eigenvalue weighted by Gasteiger charge is -2.38. The topological polar surface area (TPSA) is 72.0 Å². The molecule has 0 unspecified atom stereocenters. The summed E-state index contributed by atoms with van der Waals surface area (Å²) in [6, 6.07) is 22.4. The molecule has 2 N–H and O–H groups in total. The number of amides is 1. The Kier molecular flexibility index (Phi) is 7.51. The van der Waals surface area contributed by atoms with Crippen LogP contribution in [0.3, 0.4) is 0 Å². The second kappa shape index (κ2) is 11.1. The molecule has 190 valence electrons. The van der Waals surface area contributed by atoms with Gasteiger partial charge in [0.05, 0.1) is 31.7 Å². The number of nitrogens with zero attached hydrogens (tertiary/aromatic N) is 1. The van der Waals surface area contributed by atoms with Crippen LogP contribution >= 0.6 is 11.8 Å². The van der Waals surface area contributed by atoms with E-state index in [9.17, 15) is 4.79 Å². The highest BCUT2D eigenvalue weighted by atomic mass is 32.2. The molecule has 0 aromatic heterocycles. The van der Waals surface area contributed by atoms with E-state index < -0.39 is 0 Å². The highest BCUT2D eigenvalue weighted by Gasteiger charge is 2.39. The van der Waals surface area contributed by atoms with Crippen LogP contribution in [0.15, 0.2) is 88.9 Å². The lowest BCUT2D eigenvalue weighted by molar-refractivity contribution is -0.118. The van der Waals surface area contributed by atoms with Crippen LogP contribution in [0.5, 0.6) is 11.5 Å². The summed E-state index contributed by atoms with van der Waals surface area (Å²) in [5.74, 6) is 2.34. The van der Waals surface area contributed by atoms with Gasteiger partial charge in [0.15, 0.2) is 11.5 Å². The number of carbonyl (C=O) groups is 1. The number of thioether (sulfide) groups is 1. The van der Waals surface area contributed by atoms with E-state index in [1.54, 1.807) is 14.2 Å². The van der Waals surface area contributed by atoms with E-state index >= 15 is 0 Å². The predicted octanol–water partition coefficient (Wildman–Crippen LogP) is 6.16. The molecule has 6 nitrogen and oxygen atoms in total. The number of carbonyl (C=O) groups excluding carboxylic acids is 1. The lowest BCUT2D eigenvalue weighted by atomic mass is 9.76. The van der Waals surface area contributed by atoms with Crippen LogP contribution in [0.2, 0.25) is 0 Å². The Bertz CT molecular complexity index is 1340. The summed E-state index contributed by atoms with van der Waals surface area (Å²) in [6.45, 7) is 1.93. The fourth-order valence-electron chi connectivity index (χ4n) is 5.19. The third-order valence-corrected chi connectivity index (χ3v) is 8.02. The fraction of sp³-hybridized carbons (Fsp3) is 0.267. The lowest BCUT2D eigenvalue weighted by Crippen LogP contribution is -2.29. The van der Waals surface area contributed by atoms with Crippen molar-refractivity contribution in [3.05, 3.63) is 95.6 Å². The summed E-state index contributed by atoms with van der Waals surface area (Å²) in [6.07, 6.45) is 5.56. The number of para-hydroxylation sites is 1. The van der Waals surface area contributed by atoms with Crippen molar-refractivity contribution in [3.63, 3.8) is 0 Å². The van der Waals surface area contributed by atoms with Crippen LogP contribution < -0.4 is 20.2 Å². The van der Waals surface area contributed by atoms with Gasteiger partial charge in [-0.05, 0) is 60.7 Å². The first-order valence-electron chi connectivity index (χ1n) is 12.4. The van der Waals surface area contributed by atoms with Crippen molar-refractivity contribution in [2.75, 3.05) is 25.3 Å². The first-order valence-corrected chi connectivity index (χ1v) is 13.4. The van der Waals surface area contributed by atoms with Gasteiger partial charge in [0.2, 0.25) is 5.91 Å². The zero-order valence-electron chi connectivity index (χ0n) is 21.2. The molecular weight excluding hydrogens is 482 g/mol. The van der Waals surface area contributed by atoms with Gasteiger partial charge in [-0.15, -0.1) is 11.8 Å². The molecule has 3 aromatic rings. The number of hydrogen-bond acceptors (Lipinski definition) is 6. The molecule has 7 heteroatoms. The normalized spacial score (nSPS) is 20.0. The minimum atomic E-state index is -0.123. The Balaban J connectivity index is 1.34. The number of nitrogens with one attached hydrogen (secondary N) is 2. The minimum Gasteiger partial charge on any atom is -0.493 e. The second-order valence-electron chi connectivity index (χ2n) is 9.19. The first-order chi connectivity index (χ1) is 18.1. The van der Waals surface area contributed by atoms with Crippen molar-refractivity contribution < 1.29 is 14.3 Å². The maximum atomic E-state index is 12.3. The third kappa shape index (κ3) is 5.23. The van der Waals surface area contributed by atoms with E-state index in [1.165, 1.54) is 17.3 Å². The van der Waals surface area contributed by atoms with Gasteiger partial charge in [-0.3, -0.25) is 4.79 Å². The number of methoxy groups -OCH3 is 2. The van der Waals surface area contributed by atoms with Gasteiger partial charge in [0.25, 0.3) is 0 Å². The van der Waals surface area contributed by atoms with E-state index in [2.05, 4.69) is 52.3 Å². The number of hydrogen-bond donors (Lipinski definition) is 2. The van der Waals surface area contributed by atoms with E-state index in [0.717, 1.165) is 45.3 Å². The first kappa shape index (κ1) is 25.0. The summed E-state index contributed by atoms with van der Waals surface area (Å²) < 4.78 is 11.3. The molecule has 1 amide bonds. The third-order valence-electron chi connectivity index (χ3n) is 7.01. The summed E-state index contributed by atoms with van der Waals surface area (Å²) in [5.41, 5.74) is 7.92. The number of ether oxygens (including phenoxy) is 2. The Hall–Kier alpha value is -3.71. The molecule has 0 bridgehead atoms. The van der Waals surface area contributed by atoms with Crippen LogP contribution in [0.1, 0.15) is 42.0 Å². The highest BCUT2D eigenvalue weighted by molar-refractivity contribution is 8.00. The van der Waals surface area contributed by atoms with Gasteiger partial charge in [-0.25, -0.2) is 5.43 Å². The Morgan fingerprint density at radius 3 is 2.68 bits per heavy atom. The Morgan fingerprint density at radius 2 is 1.89 bits per heavy atom. The zero-order valence-corrected chi connectivity index (χ0v) is 22.0. The standard InChI is InChI=1S/C30H31N3O3S/c1-19(32-33-28(34)18-37-21-9-5-4-6-10-21)20-15-16-26-25(17-20)22-11-7-12-23(22)29(31-26)24-13-8-14-27(35-2)30(24)36-3/h4-11,13-17,22-23,29,31H,12,18H2,1-3H3,(H,33,34)/b32-19-/t22-,23+,29-/m1/s1. The molecule has 1 heterocycles. The maximum absolute atomic E-state index is 12.3. The van der Waals surface area contributed by atoms with Gasteiger partial charge < -0.3 is 14.8 Å². The number of hydrazone groups is 1. The molecule has 0 saturated heterocycles. The van der Waals surface area contributed by atoms with Crippen molar-refractivity contribution in [2.45, 2.75) is 30.2 Å². The molecule has 0 spiro atoms. The van der Waals surface area contributed by atoms with Crippen LogP contribution in [0, 0.1) is 5.92 Å². The molecule has 37 heavy (non-hydrogen) atoms. The highest BCUT2D eigenvalue weighted by Crippen LogP contribution is 2.52. The number of rotatable bonds is 8.